The van der Waals surface area contributed by atoms with Gasteiger partial charge in [0, 0.05) is 0 Å². The van der Waals surface area contributed by atoms with Crippen LogP contribution in [0.25, 0.3) is 0 Å². The number of ether oxygens (including phenoxy) is 3. The Labute approximate surface area is 249 Å². The number of esters is 3. The molecular formula is C29H29N3O12. The van der Waals surface area contributed by atoms with Crippen molar-refractivity contribution in [3.05, 3.63) is 71.3 Å². The molecule has 0 bridgehead atoms. The summed E-state index contributed by atoms with van der Waals surface area (Å²) in [6.45, 7) is -0.436. The molecule has 0 amide bonds. The number of rotatable bonds is 6. The Morgan fingerprint density at radius 2 is 0.955 bits per heavy atom. The predicted molar refractivity (Wildman–Crippen MR) is 147 cm³/mol. The SMILES string of the molecule is O=C1OCNC(Cc2ccc(O)c(O)c2)C(=O)O[C@@]2(NC1Cc1ccc(O)c(O)c1)NC(Cc1ccc(O)c(O)c1)C(=O)O2. The fourth-order valence-electron chi connectivity index (χ4n) is 4.80. The molecule has 0 radical (unpaired) electrons. The van der Waals surface area contributed by atoms with E-state index in [0.29, 0.717) is 16.7 Å². The molecule has 1 spiro atoms. The van der Waals surface area contributed by atoms with E-state index in [2.05, 4.69) is 16.0 Å². The molecule has 3 aromatic carbocycles. The second-order valence-electron chi connectivity index (χ2n) is 10.3. The van der Waals surface area contributed by atoms with Crippen molar-refractivity contribution in [1.29, 1.82) is 0 Å². The molecule has 0 aromatic heterocycles. The summed E-state index contributed by atoms with van der Waals surface area (Å²) < 4.78 is 16.6. The number of carbonyl (C=O) groups is 3. The van der Waals surface area contributed by atoms with Crippen LogP contribution < -0.4 is 16.0 Å². The van der Waals surface area contributed by atoms with E-state index < -0.39 is 66.0 Å². The van der Waals surface area contributed by atoms with Crippen molar-refractivity contribution in [1.82, 2.24) is 16.0 Å². The largest absolute Gasteiger partial charge is 0.504 e. The van der Waals surface area contributed by atoms with Gasteiger partial charge in [0.15, 0.2) is 34.5 Å². The van der Waals surface area contributed by atoms with Gasteiger partial charge in [-0.2, -0.15) is 0 Å². The Hall–Kier alpha value is -5.25. The number of phenols is 6. The van der Waals surface area contributed by atoms with Gasteiger partial charge in [0.05, 0.1) is 0 Å². The molecule has 15 nitrogen and oxygen atoms in total. The lowest BCUT2D eigenvalue weighted by Gasteiger charge is -2.34. The first-order chi connectivity index (χ1) is 20.9. The molecule has 0 aliphatic carbocycles. The number of aromatic hydroxyl groups is 6. The average Bonchev–Trinajstić information content (AvgIpc) is 3.26. The minimum absolute atomic E-state index is 0.0803. The van der Waals surface area contributed by atoms with Crippen LogP contribution in [0.1, 0.15) is 16.7 Å². The van der Waals surface area contributed by atoms with E-state index >= 15 is 0 Å². The summed E-state index contributed by atoms with van der Waals surface area (Å²) in [5, 5.41) is 66.9. The van der Waals surface area contributed by atoms with E-state index in [9.17, 15) is 45.0 Å². The second kappa shape index (κ2) is 12.2. The highest BCUT2D eigenvalue weighted by Gasteiger charge is 2.53. The molecule has 0 saturated carbocycles. The molecule has 232 valence electrons. The lowest BCUT2D eigenvalue weighted by atomic mass is 10.0. The van der Waals surface area contributed by atoms with Crippen LogP contribution in [0.4, 0.5) is 0 Å². The van der Waals surface area contributed by atoms with Gasteiger partial charge in [-0.25, -0.2) is 10.6 Å². The summed E-state index contributed by atoms with van der Waals surface area (Å²) in [7, 11) is 0. The van der Waals surface area contributed by atoms with Gasteiger partial charge in [-0.1, -0.05) is 18.2 Å². The van der Waals surface area contributed by atoms with Crippen molar-refractivity contribution in [2.24, 2.45) is 0 Å². The van der Waals surface area contributed by atoms with Crippen molar-refractivity contribution in [2.45, 2.75) is 43.4 Å². The maximum atomic E-state index is 13.5. The van der Waals surface area contributed by atoms with Gasteiger partial charge in [0.2, 0.25) is 0 Å². The summed E-state index contributed by atoms with van der Waals surface area (Å²) in [4.78, 5) is 39.8. The van der Waals surface area contributed by atoms with Crippen LogP contribution in [0.3, 0.4) is 0 Å². The normalized spacial score (nSPS) is 24.0. The monoisotopic (exact) mass is 611 g/mol. The molecule has 2 fully saturated rings. The van der Waals surface area contributed by atoms with Gasteiger partial charge in [-0.15, -0.1) is 0 Å². The van der Waals surface area contributed by atoms with Crippen LogP contribution in [-0.4, -0.2) is 79.4 Å². The third-order valence-corrected chi connectivity index (χ3v) is 7.05. The van der Waals surface area contributed by atoms with Gasteiger partial charge in [0.25, 0.3) is 0 Å². The van der Waals surface area contributed by atoms with Crippen LogP contribution in [0.5, 0.6) is 34.5 Å². The minimum Gasteiger partial charge on any atom is -0.504 e. The third kappa shape index (κ3) is 6.70. The molecule has 15 heteroatoms. The van der Waals surface area contributed by atoms with E-state index in [1.54, 1.807) is 0 Å². The summed E-state index contributed by atoms with van der Waals surface area (Å²) in [6.07, 6.45) is -0.346. The molecule has 9 N–H and O–H groups in total. The third-order valence-electron chi connectivity index (χ3n) is 7.05. The zero-order valence-corrected chi connectivity index (χ0v) is 22.9. The average molecular weight is 612 g/mol. The first-order valence-electron chi connectivity index (χ1n) is 13.3. The summed E-state index contributed by atoms with van der Waals surface area (Å²) in [5.74, 6) is -5.07. The number of carbonyl (C=O) groups excluding carboxylic acids is 3. The minimum atomic E-state index is -2.39. The number of benzene rings is 3. The summed E-state index contributed by atoms with van der Waals surface area (Å²) >= 11 is 0. The smallest absolute Gasteiger partial charge is 0.387 e. The van der Waals surface area contributed by atoms with E-state index in [-0.39, 0.29) is 36.5 Å². The van der Waals surface area contributed by atoms with E-state index in [0.717, 1.165) is 0 Å². The van der Waals surface area contributed by atoms with Crippen molar-refractivity contribution in [2.75, 3.05) is 6.73 Å². The molecule has 5 rings (SSSR count). The Bertz CT molecular complexity index is 1600. The van der Waals surface area contributed by atoms with Gasteiger partial charge in [-0.05, 0) is 72.4 Å². The van der Waals surface area contributed by atoms with E-state index in [1.807, 2.05) is 0 Å². The zero-order chi connectivity index (χ0) is 31.6. The molecule has 2 aliphatic rings. The standard InChI is InChI=1S/C29H29N3O12/c33-20-4-1-14(10-23(20)36)7-17-27(40)43-29(32-19(28(41)44-29)9-16-3-6-22(35)25(38)12-16)31-18(26(39)42-13-30-17)8-15-2-5-21(34)24(37)11-15/h1-6,10-12,17-19,30-38H,7-9,13H2/t17?,18?,19?,29-/m1/s1. The Morgan fingerprint density at radius 3 is 1.39 bits per heavy atom. The molecule has 3 unspecified atom stereocenters. The first-order valence-corrected chi connectivity index (χ1v) is 13.3. The fourth-order valence-corrected chi connectivity index (χ4v) is 4.80. The Balaban J connectivity index is 1.44. The van der Waals surface area contributed by atoms with Gasteiger partial charge < -0.3 is 44.8 Å². The Kier molecular flexibility index (Phi) is 8.35. The zero-order valence-electron chi connectivity index (χ0n) is 22.9. The van der Waals surface area contributed by atoms with Gasteiger partial charge in [-0.3, -0.25) is 19.7 Å². The number of nitrogens with one attached hydrogen (secondary N) is 3. The summed E-state index contributed by atoms with van der Waals surface area (Å²) in [6, 6.07) is 5.69. The number of hydrogen-bond donors (Lipinski definition) is 9. The Morgan fingerprint density at radius 1 is 0.568 bits per heavy atom. The number of cyclic esters (lactones) is 1. The maximum Gasteiger partial charge on any atom is 0.387 e. The number of hydrogen-bond acceptors (Lipinski definition) is 15. The van der Waals surface area contributed by atoms with Crippen LogP contribution in [0, 0.1) is 0 Å². The predicted octanol–water partition coefficient (Wildman–Crippen LogP) is 0.0483. The highest BCUT2D eigenvalue weighted by molar-refractivity contribution is 5.82. The van der Waals surface area contributed by atoms with Gasteiger partial charge in [0.1, 0.15) is 24.9 Å². The molecule has 3 aromatic rings. The van der Waals surface area contributed by atoms with E-state index in [1.165, 1.54) is 54.6 Å². The lowest BCUT2D eigenvalue weighted by molar-refractivity contribution is -0.241. The molecule has 2 aliphatic heterocycles. The van der Waals surface area contributed by atoms with Crippen molar-refractivity contribution < 1.29 is 59.2 Å². The van der Waals surface area contributed by atoms with Gasteiger partial charge >= 0.3 is 23.9 Å². The van der Waals surface area contributed by atoms with Crippen LogP contribution in [-0.2, 0) is 47.9 Å². The quantitative estimate of drug-likeness (QED) is 0.132. The molecule has 2 saturated heterocycles. The molecule has 2 heterocycles. The van der Waals surface area contributed by atoms with Crippen molar-refractivity contribution >= 4 is 17.9 Å². The van der Waals surface area contributed by atoms with Crippen LogP contribution >= 0.6 is 0 Å². The van der Waals surface area contributed by atoms with Crippen molar-refractivity contribution in [3.63, 3.8) is 0 Å². The maximum absolute atomic E-state index is 13.5. The molecule has 4 atom stereocenters. The highest BCUT2D eigenvalue weighted by Crippen LogP contribution is 2.30. The first kappa shape index (κ1) is 30.2. The fraction of sp³-hybridized carbons (Fsp3) is 0.276. The lowest BCUT2D eigenvalue weighted by Crippen LogP contribution is -2.66. The highest BCUT2D eigenvalue weighted by atomic mass is 16.8. The van der Waals surface area contributed by atoms with Crippen LogP contribution in [0.15, 0.2) is 54.6 Å². The van der Waals surface area contributed by atoms with Crippen molar-refractivity contribution in [3.8, 4) is 34.5 Å². The molecule has 44 heavy (non-hydrogen) atoms. The van der Waals surface area contributed by atoms with E-state index in [4.69, 9.17) is 14.2 Å². The molecular weight excluding hydrogens is 582 g/mol. The summed E-state index contributed by atoms with van der Waals surface area (Å²) in [5.41, 5.74) is 1.19. The second-order valence-corrected chi connectivity index (χ2v) is 10.3. The van der Waals surface area contributed by atoms with Crippen LogP contribution in [0.2, 0.25) is 0 Å². The number of phenolic OH excluding ortho intramolecular Hbond substituents is 6. The topological polar surface area (TPSA) is 236 Å².